The van der Waals surface area contributed by atoms with Gasteiger partial charge in [-0.15, -0.1) is 0 Å². The lowest BCUT2D eigenvalue weighted by Gasteiger charge is -2.20. The maximum atomic E-state index is 4.20. The molecule has 0 aliphatic heterocycles. The molecule has 3 aromatic rings. The van der Waals surface area contributed by atoms with Crippen LogP contribution in [0.5, 0.6) is 0 Å². The number of rotatable bonds is 3. The Labute approximate surface area is 119 Å². The predicted molar refractivity (Wildman–Crippen MR) is 81.9 cm³/mol. The zero-order valence-electron chi connectivity index (χ0n) is 11.8. The van der Waals surface area contributed by atoms with Crippen molar-refractivity contribution < 1.29 is 0 Å². The Kier molecular flexibility index (Phi) is 3.38. The van der Waals surface area contributed by atoms with E-state index in [-0.39, 0.29) is 5.92 Å². The average molecular weight is 262 g/mol. The van der Waals surface area contributed by atoms with Gasteiger partial charge in [0.25, 0.3) is 0 Å². The standard InChI is InChI=1S/C18H18N2/c1-13-7-3-5-9-15(13)18(17-11-19-12-20-17)16-10-6-4-8-14(16)2/h3-12,18H,1-2H3,(H,19,20). The molecule has 1 heterocycles. The molecule has 1 aromatic heterocycles. The minimum atomic E-state index is 0.208. The molecule has 0 aliphatic carbocycles. The largest absolute Gasteiger partial charge is 0.348 e. The van der Waals surface area contributed by atoms with E-state index in [1.54, 1.807) is 6.33 Å². The fourth-order valence-corrected chi connectivity index (χ4v) is 2.75. The van der Waals surface area contributed by atoms with Crippen LogP contribution in [0, 0.1) is 13.8 Å². The van der Waals surface area contributed by atoms with Crippen molar-refractivity contribution in [3.63, 3.8) is 0 Å². The Morgan fingerprint density at radius 2 is 1.40 bits per heavy atom. The Hall–Kier alpha value is -2.35. The quantitative estimate of drug-likeness (QED) is 0.752. The smallest absolute Gasteiger partial charge is 0.0922 e. The Balaban J connectivity index is 2.21. The van der Waals surface area contributed by atoms with Crippen molar-refractivity contribution in [2.45, 2.75) is 19.8 Å². The summed E-state index contributed by atoms with van der Waals surface area (Å²) in [4.78, 5) is 7.48. The third kappa shape index (κ3) is 2.25. The van der Waals surface area contributed by atoms with Gasteiger partial charge in [0, 0.05) is 11.9 Å². The highest BCUT2D eigenvalue weighted by Crippen LogP contribution is 2.33. The normalized spacial score (nSPS) is 10.9. The number of benzene rings is 2. The average Bonchev–Trinajstić information content (AvgIpc) is 2.97. The van der Waals surface area contributed by atoms with Crippen molar-refractivity contribution in [3.8, 4) is 0 Å². The molecule has 100 valence electrons. The van der Waals surface area contributed by atoms with Crippen LogP contribution in [0.4, 0.5) is 0 Å². The van der Waals surface area contributed by atoms with E-state index in [9.17, 15) is 0 Å². The number of nitrogens with one attached hydrogen (secondary N) is 1. The maximum absolute atomic E-state index is 4.20. The summed E-state index contributed by atoms with van der Waals surface area (Å²) >= 11 is 0. The summed E-state index contributed by atoms with van der Waals surface area (Å²) in [6.07, 6.45) is 3.67. The summed E-state index contributed by atoms with van der Waals surface area (Å²) in [5.74, 6) is 0.208. The lowest BCUT2D eigenvalue weighted by atomic mass is 9.84. The predicted octanol–water partition coefficient (Wildman–Crippen LogP) is 4.21. The monoisotopic (exact) mass is 262 g/mol. The van der Waals surface area contributed by atoms with Crippen LogP contribution in [0.3, 0.4) is 0 Å². The molecule has 3 rings (SSSR count). The lowest BCUT2D eigenvalue weighted by Crippen LogP contribution is -2.07. The molecule has 20 heavy (non-hydrogen) atoms. The van der Waals surface area contributed by atoms with Crippen molar-refractivity contribution >= 4 is 0 Å². The van der Waals surface area contributed by atoms with Gasteiger partial charge in [-0.05, 0) is 36.1 Å². The summed E-state index contributed by atoms with van der Waals surface area (Å²) in [5.41, 5.74) is 6.39. The number of imidazole rings is 1. The molecule has 0 aliphatic rings. The van der Waals surface area contributed by atoms with Crippen molar-refractivity contribution in [1.82, 2.24) is 9.97 Å². The molecule has 2 heteroatoms. The van der Waals surface area contributed by atoms with Gasteiger partial charge in [-0.25, -0.2) is 4.98 Å². The van der Waals surface area contributed by atoms with Gasteiger partial charge in [-0.2, -0.15) is 0 Å². The highest BCUT2D eigenvalue weighted by molar-refractivity contribution is 5.46. The molecule has 0 unspecified atom stereocenters. The highest BCUT2D eigenvalue weighted by atomic mass is 14.9. The zero-order chi connectivity index (χ0) is 13.9. The molecule has 1 N–H and O–H groups in total. The van der Waals surface area contributed by atoms with Crippen LogP contribution in [-0.4, -0.2) is 9.97 Å². The van der Waals surface area contributed by atoms with E-state index in [2.05, 4.69) is 72.3 Å². The number of H-pyrrole nitrogens is 1. The first-order valence-corrected chi connectivity index (χ1v) is 6.86. The van der Waals surface area contributed by atoms with Gasteiger partial charge < -0.3 is 4.98 Å². The molecular weight excluding hydrogens is 244 g/mol. The SMILES string of the molecule is Cc1ccccc1C(c1cnc[nH]1)c1ccccc1C. The molecule has 0 atom stereocenters. The van der Waals surface area contributed by atoms with Crippen LogP contribution >= 0.6 is 0 Å². The van der Waals surface area contributed by atoms with Gasteiger partial charge in [0.05, 0.1) is 12.2 Å². The van der Waals surface area contributed by atoms with E-state index in [4.69, 9.17) is 0 Å². The van der Waals surface area contributed by atoms with Crippen LogP contribution in [0.1, 0.15) is 33.9 Å². The van der Waals surface area contributed by atoms with Crippen molar-refractivity contribution in [2.24, 2.45) is 0 Å². The molecule has 2 aromatic carbocycles. The maximum Gasteiger partial charge on any atom is 0.0922 e. The number of aromatic amines is 1. The summed E-state index contributed by atoms with van der Waals surface area (Å²) in [7, 11) is 0. The molecule has 2 nitrogen and oxygen atoms in total. The van der Waals surface area contributed by atoms with E-state index in [1.807, 2.05) is 6.20 Å². The van der Waals surface area contributed by atoms with Gasteiger partial charge >= 0.3 is 0 Å². The fraction of sp³-hybridized carbons (Fsp3) is 0.167. The fourth-order valence-electron chi connectivity index (χ4n) is 2.75. The first kappa shape index (κ1) is 12.7. The minimum absolute atomic E-state index is 0.208. The molecule has 0 bridgehead atoms. The van der Waals surface area contributed by atoms with Crippen LogP contribution in [0.25, 0.3) is 0 Å². The van der Waals surface area contributed by atoms with Gasteiger partial charge in [-0.1, -0.05) is 48.5 Å². The summed E-state index contributed by atoms with van der Waals surface area (Å²) in [5, 5.41) is 0. The third-order valence-electron chi connectivity index (χ3n) is 3.83. The van der Waals surface area contributed by atoms with Gasteiger partial charge in [-0.3, -0.25) is 0 Å². The molecule has 0 radical (unpaired) electrons. The van der Waals surface area contributed by atoms with E-state index in [0.717, 1.165) is 5.69 Å². The third-order valence-corrected chi connectivity index (χ3v) is 3.83. The van der Waals surface area contributed by atoms with Crippen molar-refractivity contribution in [1.29, 1.82) is 0 Å². The van der Waals surface area contributed by atoms with Gasteiger partial charge in [0.2, 0.25) is 0 Å². The Morgan fingerprint density at radius 3 is 1.85 bits per heavy atom. The van der Waals surface area contributed by atoms with Crippen LogP contribution in [0.15, 0.2) is 61.1 Å². The van der Waals surface area contributed by atoms with Crippen molar-refractivity contribution in [3.05, 3.63) is 89.0 Å². The molecule has 0 spiro atoms. The molecule has 0 fully saturated rings. The first-order chi connectivity index (χ1) is 9.77. The lowest BCUT2D eigenvalue weighted by molar-refractivity contribution is 0.911. The van der Waals surface area contributed by atoms with Crippen molar-refractivity contribution in [2.75, 3.05) is 0 Å². The number of aryl methyl sites for hydroxylation is 2. The van der Waals surface area contributed by atoms with E-state index in [0.29, 0.717) is 0 Å². The van der Waals surface area contributed by atoms with E-state index in [1.165, 1.54) is 22.3 Å². The minimum Gasteiger partial charge on any atom is -0.348 e. The van der Waals surface area contributed by atoms with Gasteiger partial charge in [0.15, 0.2) is 0 Å². The number of hydrogen-bond acceptors (Lipinski definition) is 1. The second-order valence-electron chi connectivity index (χ2n) is 5.15. The zero-order valence-corrected chi connectivity index (χ0v) is 11.8. The van der Waals surface area contributed by atoms with Crippen LogP contribution < -0.4 is 0 Å². The summed E-state index contributed by atoms with van der Waals surface area (Å²) < 4.78 is 0. The topological polar surface area (TPSA) is 28.7 Å². The number of aromatic nitrogens is 2. The Morgan fingerprint density at radius 1 is 0.850 bits per heavy atom. The molecular formula is C18H18N2. The molecule has 0 saturated heterocycles. The van der Waals surface area contributed by atoms with Crippen LogP contribution in [-0.2, 0) is 0 Å². The van der Waals surface area contributed by atoms with Crippen LogP contribution in [0.2, 0.25) is 0 Å². The van der Waals surface area contributed by atoms with E-state index < -0.39 is 0 Å². The van der Waals surface area contributed by atoms with Gasteiger partial charge in [0.1, 0.15) is 0 Å². The second-order valence-corrected chi connectivity index (χ2v) is 5.15. The molecule has 0 amide bonds. The Bertz CT molecular complexity index is 653. The summed E-state index contributed by atoms with van der Waals surface area (Å²) in [6.45, 7) is 4.33. The highest BCUT2D eigenvalue weighted by Gasteiger charge is 2.20. The molecule has 0 saturated carbocycles. The van der Waals surface area contributed by atoms with E-state index >= 15 is 0 Å². The number of hydrogen-bond donors (Lipinski definition) is 1. The number of nitrogens with zero attached hydrogens (tertiary/aromatic N) is 1. The summed E-state index contributed by atoms with van der Waals surface area (Å²) in [6, 6.07) is 17.1. The second kappa shape index (κ2) is 5.33. The first-order valence-electron chi connectivity index (χ1n) is 6.86.